The second-order valence-electron chi connectivity index (χ2n) is 5.00. The molecular formula is C15H24O4. The van der Waals surface area contributed by atoms with Gasteiger partial charge in [-0.3, -0.25) is 0 Å². The Kier molecular flexibility index (Phi) is 4.96. The van der Waals surface area contributed by atoms with Gasteiger partial charge in [0, 0.05) is 26.9 Å². The van der Waals surface area contributed by atoms with Gasteiger partial charge >= 0.3 is 0 Å². The van der Waals surface area contributed by atoms with E-state index in [0.717, 1.165) is 16.9 Å². The molecule has 0 atom stereocenters. The molecule has 0 aliphatic carbocycles. The van der Waals surface area contributed by atoms with Crippen LogP contribution in [0.3, 0.4) is 0 Å². The molecule has 4 nitrogen and oxygen atoms in total. The van der Waals surface area contributed by atoms with Gasteiger partial charge in [0.15, 0.2) is 0 Å². The second kappa shape index (κ2) is 5.90. The van der Waals surface area contributed by atoms with E-state index in [9.17, 15) is 0 Å². The Labute approximate surface area is 115 Å². The molecule has 19 heavy (non-hydrogen) atoms. The van der Waals surface area contributed by atoms with Crippen LogP contribution in [0, 0.1) is 6.92 Å². The fraction of sp³-hybridized carbons (Fsp3) is 0.600. The summed E-state index contributed by atoms with van der Waals surface area (Å²) >= 11 is 0. The molecule has 0 bridgehead atoms. The quantitative estimate of drug-likeness (QED) is 0.743. The Hall–Kier alpha value is -1.10. The summed E-state index contributed by atoms with van der Waals surface area (Å²) in [5.41, 5.74) is 1.56. The third kappa shape index (κ3) is 2.61. The molecule has 0 aliphatic heterocycles. The molecule has 0 N–H and O–H groups in total. The number of benzene rings is 1. The van der Waals surface area contributed by atoms with Crippen LogP contribution in [0.1, 0.15) is 25.0 Å². The lowest BCUT2D eigenvalue weighted by Gasteiger charge is -2.43. The summed E-state index contributed by atoms with van der Waals surface area (Å²) in [6.45, 7) is 6.04. The number of hydrogen-bond donors (Lipinski definition) is 0. The number of rotatable bonds is 6. The van der Waals surface area contributed by atoms with E-state index in [2.05, 4.69) is 6.07 Å². The van der Waals surface area contributed by atoms with Crippen molar-refractivity contribution in [3.63, 3.8) is 0 Å². The van der Waals surface area contributed by atoms with Gasteiger partial charge in [0.2, 0.25) is 0 Å². The molecule has 4 heteroatoms. The normalized spacial score (nSPS) is 12.6. The maximum absolute atomic E-state index is 5.49. The third-order valence-corrected chi connectivity index (χ3v) is 3.60. The summed E-state index contributed by atoms with van der Waals surface area (Å²) < 4.78 is 21.9. The highest BCUT2D eigenvalue weighted by atomic mass is 16.9. The zero-order valence-electron chi connectivity index (χ0n) is 12.9. The average Bonchev–Trinajstić information content (AvgIpc) is 2.41. The highest BCUT2D eigenvalue weighted by Crippen LogP contribution is 2.42. The summed E-state index contributed by atoms with van der Waals surface area (Å²) in [7, 11) is 6.35. The Morgan fingerprint density at radius 1 is 0.895 bits per heavy atom. The van der Waals surface area contributed by atoms with E-state index in [1.54, 1.807) is 28.4 Å². The first-order valence-corrected chi connectivity index (χ1v) is 6.19. The van der Waals surface area contributed by atoms with Crippen molar-refractivity contribution in [2.75, 3.05) is 28.4 Å². The third-order valence-electron chi connectivity index (χ3n) is 3.60. The fourth-order valence-electron chi connectivity index (χ4n) is 2.49. The molecule has 0 heterocycles. The summed E-state index contributed by atoms with van der Waals surface area (Å²) in [4.78, 5) is 0. The smallest absolute Gasteiger partial charge is 0.291 e. The molecular weight excluding hydrogens is 244 g/mol. The van der Waals surface area contributed by atoms with Gasteiger partial charge in [-0.25, -0.2) is 0 Å². The van der Waals surface area contributed by atoms with Crippen LogP contribution in [0.5, 0.6) is 5.75 Å². The maximum atomic E-state index is 5.49. The molecule has 1 rings (SSSR count). The van der Waals surface area contributed by atoms with Gasteiger partial charge in [-0.05, 0) is 26.8 Å². The molecule has 0 unspecified atom stereocenters. The van der Waals surface area contributed by atoms with Gasteiger partial charge in [0.05, 0.1) is 12.5 Å². The van der Waals surface area contributed by atoms with Crippen LogP contribution < -0.4 is 4.74 Å². The molecule has 0 fully saturated rings. The van der Waals surface area contributed by atoms with Crippen molar-refractivity contribution < 1.29 is 18.9 Å². The number of methoxy groups -OCH3 is 4. The first kappa shape index (κ1) is 16.0. The Morgan fingerprint density at radius 3 is 1.84 bits per heavy atom. The van der Waals surface area contributed by atoms with Crippen molar-refractivity contribution >= 4 is 0 Å². The van der Waals surface area contributed by atoms with Crippen molar-refractivity contribution in [2.24, 2.45) is 0 Å². The Bertz CT molecular complexity index is 414. The molecule has 0 spiro atoms. The number of ether oxygens (including phenoxy) is 4. The zero-order chi connectivity index (χ0) is 14.7. The molecule has 0 saturated heterocycles. The van der Waals surface area contributed by atoms with Crippen LogP contribution in [0.25, 0.3) is 0 Å². The lowest BCUT2D eigenvalue weighted by atomic mass is 9.80. The summed E-state index contributed by atoms with van der Waals surface area (Å²) in [6.07, 6.45) is 0. The summed E-state index contributed by atoms with van der Waals surface area (Å²) in [5.74, 6) is -0.389. The number of hydrogen-bond acceptors (Lipinski definition) is 4. The standard InChI is InChI=1S/C15H24O4/c1-11-8-9-13(16-4)12(10-11)14(2,3)15(17-5,18-6)19-7/h8-10H,1-7H3. The molecule has 0 saturated carbocycles. The molecule has 0 aliphatic rings. The van der Waals surface area contributed by atoms with Gasteiger partial charge in [0.25, 0.3) is 5.97 Å². The van der Waals surface area contributed by atoms with Crippen LogP contribution in [0.4, 0.5) is 0 Å². The van der Waals surface area contributed by atoms with Gasteiger partial charge in [-0.15, -0.1) is 0 Å². The lowest BCUT2D eigenvalue weighted by Crippen LogP contribution is -2.52. The first-order chi connectivity index (χ1) is 8.88. The van der Waals surface area contributed by atoms with Crippen molar-refractivity contribution in [3.8, 4) is 5.75 Å². The summed E-state index contributed by atoms with van der Waals surface area (Å²) in [6, 6.07) is 6.01. The molecule has 1 aromatic carbocycles. The van der Waals surface area contributed by atoms with E-state index in [1.165, 1.54) is 0 Å². The topological polar surface area (TPSA) is 36.9 Å². The van der Waals surface area contributed by atoms with Crippen molar-refractivity contribution in [2.45, 2.75) is 32.2 Å². The monoisotopic (exact) mass is 268 g/mol. The largest absolute Gasteiger partial charge is 0.496 e. The maximum Gasteiger partial charge on any atom is 0.291 e. The molecule has 1 aromatic rings. The minimum absolute atomic E-state index is 0.553. The van der Waals surface area contributed by atoms with Crippen LogP contribution >= 0.6 is 0 Å². The predicted molar refractivity (Wildman–Crippen MR) is 74.5 cm³/mol. The molecule has 0 amide bonds. The van der Waals surface area contributed by atoms with Crippen LogP contribution in [-0.4, -0.2) is 34.4 Å². The van der Waals surface area contributed by atoms with Crippen molar-refractivity contribution in [3.05, 3.63) is 29.3 Å². The van der Waals surface area contributed by atoms with Crippen molar-refractivity contribution in [1.82, 2.24) is 0 Å². The Balaban J connectivity index is 3.43. The van der Waals surface area contributed by atoms with Gasteiger partial charge < -0.3 is 18.9 Å². The van der Waals surface area contributed by atoms with Crippen LogP contribution in [0.2, 0.25) is 0 Å². The van der Waals surface area contributed by atoms with Crippen LogP contribution in [0.15, 0.2) is 18.2 Å². The zero-order valence-corrected chi connectivity index (χ0v) is 12.9. The minimum atomic E-state index is -1.17. The van der Waals surface area contributed by atoms with E-state index in [-0.39, 0.29) is 0 Å². The minimum Gasteiger partial charge on any atom is -0.496 e. The SMILES string of the molecule is COc1ccc(C)cc1C(C)(C)C(OC)(OC)OC. The van der Waals surface area contributed by atoms with E-state index < -0.39 is 11.4 Å². The van der Waals surface area contributed by atoms with Crippen molar-refractivity contribution in [1.29, 1.82) is 0 Å². The van der Waals surface area contributed by atoms with E-state index >= 15 is 0 Å². The second-order valence-corrected chi connectivity index (χ2v) is 5.00. The highest BCUT2D eigenvalue weighted by molar-refractivity contribution is 5.42. The fourth-order valence-corrected chi connectivity index (χ4v) is 2.49. The number of aryl methyl sites for hydroxylation is 1. The lowest BCUT2D eigenvalue weighted by molar-refractivity contribution is -0.382. The molecule has 0 aromatic heterocycles. The van der Waals surface area contributed by atoms with E-state index in [0.29, 0.717) is 0 Å². The first-order valence-electron chi connectivity index (χ1n) is 6.19. The van der Waals surface area contributed by atoms with E-state index in [4.69, 9.17) is 18.9 Å². The van der Waals surface area contributed by atoms with Crippen LogP contribution in [-0.2, 0) is 19.6 Å². The van der Waals surface area contributed by atoms with Gasteiger partial charge in [0.1, 0.15) is 5.75 Å². The predicted octanol–water partition coefficient (Wildman–Crippen LogP) is 2.87. The van der Waals surface area contributed by atoms with Gasteiger partial charge in [-0.1, -0.05) is 17.7 Å². The Morgan fingerprint density at radius 2 is 1.42 bits per heavy atom. The van der Waals surface area contributed by atoms with E-state index in [1.807, 2.05) is 32.9 Å². The average molecular weight is 268 g/mol. The molecule has 0 radical (unpaired) electrons. The highest BCUT2D eigenvalue weighted by Gasteiger charge is 2.49. The summed E-state index contributed by atoms with van der Waals surface area (Å²) in [5, 5.41) is 0. The molecule has 108 valence electrons. The van der Waals surface area contributed by atoms with Gasteiger partial charge in [-0.2, -0.15) is 0 Å².